The smallest absolute Gasteiger partial charge is 0.200 e. The van der Waals surface area contributed by atoms with Crippen LogP contribution in [0.25, 0.3) is 0 Å². The van der Waals surface area contributed by atoms with Crippen LogP contribution in [0.1, 0.15) is 63.4 Å². The fraction of sp³-hybridized carbons (Fsp3) is 0.778. The molecule has 1 aromatic heterocycles. The molecule has 24 heavy (non-hydrogen) atoms. The van der Waals surface area contributed by atoms with Crippen molar-refractivity contribution in [2.24, 2.45) is 29.1 Å². The van der Waals surface area contributed by atoms with Crippen LogP contribution in [0.2, 0.25) is 0 Å². The number of hydrogen-bond acceptors (Lipinski definition) is 3. The molecule has 1 atom stereocenters. The summed E-state index contributed by atoms with van der Waals surface area (Å²) in [6.45, 7) is 4.38. The second-order valence-corrected chi connectivity index (χ2v) is 8.32. The quantitative estimate of drug-likeness (QED) is 0.872. The largest absolute Gasteiger partial charge is 0.332 e. The first-order valence-electron chi connectivity index (χ1n) is 9.17. The number of nitrogens with one attached hydrogen (secondary N) is 1. The Morgan fingerprint density at radius 3 is 2.46 bits per heavy atom. The van der Waals surface area contributed by atoms with Gasteiger partial charge in [-0.15, -0.1) is 0 Å². The Morgan fingerprint density at radius 2 is 1.96 bits per heavy atom. The number of nitrogens with zero attached hydrogens (tertiary/aromatic N) is 4. The molecular weight excluding hydrogens is 300 g/mol. The summed E-state index contributed by atoms with van der Waals surface area (Å²) in [6, 6.07) is 0. The molecule has 2 bridgehead atoms. The van der Waals surface area contributed by atoms with Crippen LogP contribution in [0, 0.1) is 11.3 Å². The van der Waals surface area contributed by atoms with E-state index in [0.717, 1.165) is 29.2 Å². The first-order valence-corrected chi connectivity index (χ1v) is 9.17. The SMILES string of the molecule is CN=C1NC(N)(C23CCC(CC2)C3)c2nc(C(C)C)n(C)c2N1C. The summed E-state index contributed by atoms with van der Waals surface area (Å²) in [5.41, 5.74) is 7.65. The molecule has 3 aliphatic rings. The van der Waals surface area contributed by atoms with E-state index in [2.05, 4.69) is 40.7 Å². The minimum atomic E-state index is -0.625. The first-order chi connectivity index (χ1) is 11.3. The molecule has 132 valence electrons. The van der Waals surface area contributed by atoms with E-state index in [1.54, 1.807) is 0 Å². The van der Waals surface area contributed by atoms with E-state index in [-0.39, 0.29) is 5.41 Å². The number of nitrogens with two attached hydrogens (primary N) is 1. The van der Waals surface area contributed by atoms with Crippen LogP contribution in [-0.4, -0.2) is 29.6 Å². The van der Waals surface area contributed by atoms with Crippen LogP contribution in [0.3, 0.4) is 0 Å². The number of anilines is 1. The van der Waals surface area contributed by atoms with Gasteiger partial charge in [0.15, 0.2) is 0 Å². The van der Waals surface area contributed by atoms with Crippen LogP contribution in [0.15, 0.2) is 4.99 Å². The third-order valence-corrected chi connectivity index (χ3v) is 6.72. The molecule has 2 aliphatic carbocycles. The Kier molecular flexibility index (Phi) is 3.30. The molecule has 2 heterocycles. The van der Waals surface area contributed by atoms with Crippen LogP contribution in [-0.2, 0) is 12.7 Å². The summed E-state index contributed by atoms with van der Waals surface area (Å²) in [4.78, 5) is 11.6. The van der Waals surface area contributed by atoms with Gasteiger partial charge >= 0.3 is 0 Å². The van der Waals surface area contributed by atoms with E-state index in [1.165, 1.54) is 32.1 Å². The van der Waals surface area contributed by atoms with Gasteiger partial charge in [0.05, 0.1) is 0 Å². The number of aromatic nitrogens is 2. The highest BCUT2D eigenvalue weighted by Gasteiger charge is 2.61. The first kappa shape index (κ1) is 15.9. The minimum absolute atomic E-state index is 0.103. The molecule has 0 aromatic carbocycles. The predicted octanol–water partition coefficient (Wildman–Crippen LogP) is 2.26. The number of fused-ring (bicyclic) bond motifs is 3. The summed E-state index contributed by atoms with van der Waals surface area (Å²) in [7, 11) is 5.97. The average molecular weight is 330 g/mol. The normalized spacial score (nSPS) is 36.5. The van der Waals surface area contributed by atoms with E-state index in [1.807, 2.05) is 14.1 Å². The minimum Gasteiger partial charge on any atom is -0.332 e. The summed E-state index contributed by atoms with van der Waals surface area (Å²) in [5.74, 6) is 4.21. The van der Waals surface area contributed by atoms with Crippen LogP contribution in [0.5, 0.6) is 0 Å². The van der Waals surface area contributed by atoms with Crippen LogP contribution in [0.4, 0.5) is 5.82 Å². The molecule has 2 fully saturated rings. The zero-order valence-corrected chi connectivity index (χ0v) is 15.6. The Balaban J connectivity index is 1.94. The second kappa shape index (κ2) is 4.97. The van der Waals surface area contributed by atoms with Gasteiger partial charge in [0.1, 0.15) is 23.0 Å². The van der Waals surface area contributed by atoms with E-state index < -0.39 is 5.66 Å². The molecule has 3 N–H and O–H groups in total. The molecule has 0 saturated heterocycles. The van der Waals surface area contributed by atoms with Gasteiger partial charge in [-0.05, 0) is 38.0 Å². The zero-order chi connectivity index (χ0) is 17.3. The van der Waals surface area contributed by atoms with Gasteiger partial charge < -0.3 is 15.6 Å². The predicted molar refractivity (Wildman–Crippen MR) is 97.1 cm³/mol. The Hall–Kier alpha value is -1.56. The van der Waals surface area contributed by atoms with Crippen molar-refractivity contribution in [3.63, 3.8) is 0 Å². The summed E-state index contributed by atoms with van der Waals surface area (Å²) >= 11 is 0. The summed E-state index contributed by atoms with van der Waals surface area (Å²) in [5, 5.41) is 3.60. The van der Waals surface area contributed by atoms with Crippen molar-refractivity contribution in [1.29, 1.82) is 0 Å². The van der Waals surface area contributed by atoms with Gasteiger partial charge in [0.2, 0.25) is 5.96 Å². The van der Waals surface area contributed by atoms with Crippen molar-refractivity contribution in [1.82, 2.24) is 14.9 Å². The highest BCUT2D eigenvalue weighted by molar-refractivity contribution is 5.98. The lowest BCUT2D eigenvalue weighted by Crippen LogP contribution is -2.68. The average Bonchev–Trinajstić information content (AvgIpc) is 3.24. The van der Waals surface area contributed by atoms with Crippen LogP contribution >= 0.6 is 0 Å². The van der Waals surface area contributed by atoms with E-state index in [0.29, 0.717) is 5.92 Å². The Bertz CT molecular complexity index is 695. The molecule has 0 spiro atoms. The number of hydrogen-bond donors (Lipinski definition) is 2. The second-order valence-electron chi connectivity index (χ2n) is 8.32. The van der Waals surface area contributed by atoms with Crippen molar-refractivity contribution >= 4 is 11.8 Å². The molecule has 6 nitrogen and oxygen atoms in total. The maximum absolute atomic E-state index is 7.16. The summed E-state index contributed by atoms with van der Waals surface area (Å²) in [6.07, 6.45) is 6.19. The third-order valence-electron chi connectivity index (χ3n) is 6.72. The molecule has 6 heteroatoms. The molecule has 1 aromatic rings. The third kappa shape index (κ3) is 1.80. The van der Waals surface area contributed by atoms with Crippen molar-refractivity contribution in [2.45, 2.75) is 57.5 Å². The Labute approximate surface area is 144 Å². The maximum atomic E-state index is 7.16. The topological polar surface area (TPSA) is 71.5 Å². The lowest BCUT2D eigenvalue weighted by molar-refractivity contribution is 0.104. The summed E-state index contributed by atoms with van der Waals surface area (Å²) < 4.78 is 2.20. The van der Waals surface area contributed by atoms with Crippen molar-refractivity contribution in [2.75, 3.05) is 19.0 Å². The number of rotatable bonds is 2. The van der Waals surface area contributed by atoms with Crippen LogP contribution < -0.4 is 16.0 Å². The molecule has 1 unspecified atom stereocenters. The van der Waals surface area contributed by atoms with Gasteiger partial charge in [-0.1, -0.05) is 13.8 Å². The molecule has 4 rings (SSSR count). The molecule has 0 radical (unpaired) electrons. The fourth-order valence-electron chi connectivity index (χ4n) is 5.43. The van der Waals surface area contributed by atoms with Crippen molar-refractivity contribution in [3.05, 3.63) is 11.5 Å². The number of aliphatic imine (C=N–C) groups is 1. The van der Waals surface area contributed by atoms with E-state index >= 15 is 0 Å². The number of guanidine groups is 1. The highest BCUT2D eigenvalue weighted by atomic mass is 15.4. The van der Waals surface area contributed by atoms with Crippen molar-refractivity contribution < 1.29 is 0 Å². The molecule has 1 aliphatic heterocycles. The Morgan fingerprint density at radius 1 is 1.29 bits per heavy atom. The number of imidazole rings is 1. The van der Waals surface area contributed by atoms with Gasteiger partial charge in [0, 0.05) is 32.5 Å². The standard InChI is InChI=1S/C18H30N6/c1-11(2)14-21-13-15(23(14)4)24(5)16(20-3)22-18(13,19)17-8-6-12(10-17)7-9-17/h11-12H,6-10,19H2,1-5H3,(H,20,22). The fourth-order valence-corrected chi connectivity index (χ4v) is 5.43. The monoisotopic (exact) mass is 330 g/mol. The lowest BCUT2D eigenvalue weighted by atomic mass is 9.70. The molecular formula is C18H30N6. The van der Waals surface area contributed by atoms with E-state index in [4.69, 9.17) is 10.7 Å². The van der Waals surface area contributed by atoms with Gasteiger partial charge in [-0.25, -0.2) is 4.98 Å². The maximum Gasteiger partial charge on any atom is 0.200 e. The van der Waals surface area contributed by atoms with Crippen molar-refractivity contribution in [3.8, 4) is 0 Å². The van der Waals surface area contributed by atoms with E-state index in [9.17, 15) is 0 Å². The molecule has 0 amide bonds. The zero-order valence-electron chi connectivity index (χ0n) is 15.6. The lowest BCUT2D eigenvalue weighted by Gasteiger charge is -2.49. The molecule has 2 saturated carbocycles. The highest BCUT2D eigenvalue weighted by Crippen LogP contribution is 2.61. The van der Waals surface area contributed by atoms with Gasteiger partial charge in [-0.3, -0.25) is 9.89 Å². The van der Waals surface area contributed by atoms with Gasteiger partial charge in [-0.2, -0.15) is 0 Å². The van der Waals surface area contributed by atoms with Gasteiger partial charge in [0.25, 0.3) is 0 Å².